The van der Waals surface area contributed by atoms with Crippen LogP contribution in [0, 0.1) is 5.82 Å². The lowest BCUT2D eigenvalue weighted by atomic mass is 10.2. The number of rotatable bonds is 10. The van der Waals surface area contributed by atoms with Crippen molar-refractivity contribution >= 4 is 51.5 Å². The van der Waals surface area contributed by atoms with Crippen LogP contribution in [0.25, 0.3) is 10.9 Å². The van der Waals surface area contributed by atoms with Gasteiger partial charge < -0.3 is 25.8 Å². The van der Waals surface area contributed by atoms with Gasteiger partial charge in [0.2, 0.25) is 5.91 Å². The number of anilines is 3. The molecule has 1 heterocycles. The van der Waals surface area contributed by atoms with Gasteiger partial charge in [0.05, 0.1) is 10.5 Å². The monoisotopic (exact) mass is 563 g/mol. The van der Waals surface area contributed by atoms with Gasteiger partial charge in [-0.05, 0) is 73.5 Å². The predicted molar refractivity (Wildman–Crippen MR) is 152 cm³/mol. The van der Waals surface area contributed by atoms with E-state index in [1.54, 1.807) is 62.4 Å². The van der Waals surface area contributed by atoms with Gasteiger partial charge >= 0.3 is 0 Å². The largest absolute Gasteiger partial charge is 0.503 e. The number of nitrogens with zero attached hydrogens (tertiary/aromatic N) is 2. The van der Waals surface area contributed by atoms with Gasteiger partial charge in [0, 0.05) is 29.7 Å². The number of allylic oxidation sites excluding steroid dienone is 1. The van der Waals surface area contributed by atoms with Crippen molar-refractivity contribution in [2.24, 2.45) is 0 Å². The molecule has 0 atom stereocenters. The lowest BCUT2D eigenvalue weighted by Gasteiger charge is -2.13. The molecule has 3 aromatic carbocycles. The van der Waals surface area contributed by atoms with Crippen LogP contribution < -0.4 is 20.7 Å². The summed E-state index contributed by atoms with van der Waals surface area (Å²) >= 11 is 6.43. The van der Waals surface area contributed by atoms with E-state index in [0.29, 0.717) is 50.0 Å². The molecule has 0 saturated heterocycles. The first-order valence-electron chi connectivity index (χ1n) is 12.3. The van der Waals surface area contributed by atoms with E-state index in [1.165, 1.54) is 18.5 Å². The van der Waals surface area contributed by atoms with Gasteiger partial charge in [0.15, 0.2) is 5.76 Å². The van der Waals surface area contributed by atoms with E-state index in [4.69, 9.17) is 16.3 Å². The highest BCUT2D eigenvalue weighted by Crippen LogP contribution is 2.31. The molecule has 0 aliphatic rings. The zero-order valence-electron chi connectivity index (χ0n) is 21.8. The van der Waals surface area contributed by atoms with Crippen molar-refractivity contribution < 1.29 is 23.8 Å². The number of carbonyl (C=O) groups is 2. The number of halogens is 2. The van der Waals surface area contributed by atoms with E-state index in [1.807, 2.05) is 0 Å². The van der Waals surface area contributed by atoms with Gasteiger partial charge in [-0.25, -0.2) is 14.4 Å². The van der Waals surface area contributed by atoms with Crippen molar-refractivity contribution in [1.29, 1.82) is 0 Å². The molecule has 11 heteroatoms. The highest BCUT2D eigenvalue weighted by atomic mass is 35.5. The average Bonchev–Trinajstić information content (AvgIpc) is 2.92. The van der Waals surface area contributed by atoms with Crippen LogP contribution in [0.1, 0.15) is 25.8 Å². The Hall–Kier alpha value is -4.70. The smallest absolute Gasteiger partial charge is 0.286 e. The van der Waals surface area contributed by atoms with E-state index < -0.39 is 5.91 Å². The number of fused-ring (bicyclic) bond motifs is 1. The summed E-state index contributed by atoms with van der Waals surface area (Å²) in [5.41, 5.74) is 2.99. The standard InChI is InChI=1S/C29H27ClFN5O4/c1-17(2)27(38)29(39)32-11-10-26(37)35-20-6-8-24-22(13-20)28(34-16-33-24)36-21-7-9-25(23(30)14-21)40-15-18-4-3-5-19(31)12-18/h3-9,12-14,16,38H,10-11,15H2,1-2H3,(H,32,39)(H,35,37)(H,33,34,36). The van der Waals surface area contributed by atoms with Gasteiger partial charge in [-0.1, -0.05) is 23.7 Å². The average molecular weight is 564 g/mol. The number of hydrogen-bond donors (Lipinski definition) is 4. The molecule has 0 aliphatic heterocycles. The highest BCUT2D eigenvalue weighted by molar-refractivity contribution is 6.32. The summed E-state index contributed by atoms with van der Waals surface area (Å²) < 4.78 is 19.1. The van der Waals surface area contributed by atoms with E-state index in [0.717, 1.165) is 0 Å². The molecule has 0 bridgehead atoms. The summed E-state index contributed by atoms with van der Waals surface area (Å²) in [4.78, 5) is 32.8. The molecule has 0 unspecified atom stereocenters. The number of ether oxygens (including phenoxy) is 1. The summed E-state index contributed by atoms with van der Waals surface area (Å²) in [6, 6.07) is 16.5. The Balaban J connectivity index is 1.41. The number of aliphatic hydroxyl groups is 1. The molecule has 0 fully saturated rings. The summed E-state index contributed by atoms with van der Waals surface area (Å²) in [6.45, 7) is 3.46. The first-order valence-corrected chi connectivity index (χ1v) is 12.7. The molecule has 0 saturated carbocycles. The Kier molecular flexibility index (Phi) is 9.13. The van der Waals surface area contributed by atoms with Crippen LogP contribution in [0.4, 0.5) is 21.6 Å². The molecule has 0 radical (unpaired) electrons. The molecule has 9 nitrogen and oxygen atoms in total. The molecule has 1 aromatic heterocycles. The number of amides is 2. The van der Waals surface area contributed by atoms with Crippen molar-refractivity contribution in [1.82, 2.24) is 15.3 Å². The lowest BCUT2D eigenvalue weighted by molar-refractivity contribution is -0.120. The van der Waals surface area contributed by atoms with Crippen LogP contribution in [-0.4, -0.2) is 33.4 Å². The lowest BCUT2D eigenvalue weighted by Crippen LogP contribution is -2.29. The van der Waals surface area contributed by atoms with Gasteiger partial charge in [-0.2, -0.15) is 0 Å². The third kappa shape index (κ3) is 7.45. The number of hydrogen-bond acceptors (Lipinski definition) is 7. The second kappa shape index (κ2) is 12.9. The minimum absolute atomic E-state index is 0.0162. The maximum Gasteiger partial charge on any atom is 0.286 e. The third-order valence-corrected chi connectivity index (χ3v) is 6.02. The van der Waals surface area contributed by atoms with Crippen molar-refractivity contribution in [2.45, 2.75) is 26.9 Å². The summed E-state index contributed by atoms with van der Waals surface area (Å²) in [7, 11) is 0. The molecular formula is C29H27ClFN5O4. The van der Waals surface area contributed by atoms with E-state index in [9.17, 15) is 19.1 Å². The Morgan fingerprint density at radius 3 is 2.58 bits per heavy atom. The fourth-order valence-corrected chi connectivity index (χ4v) is 3.91. The first kappa shape index (κ1) is 28.3. The number of nitrogens with one attached hydrogen (secondary N) is 3. The number of carbonyl (C=O) groups excluding carboxylic acids is 2. The van der Waals surface area contributed by atoms with E-state index in [-0.39, 0.29) is 37.1 Å². The second-order valence-electron chi connectivity index (χ2n) is 9.05. The molecule has 4 aromatic rings. The number of benzene rings is 3. The molecule has 4 N–H and O–H groups in total. The van der Waals surface area contributed by atoms with Gasteiger partial charge in [0.25, 0.3) is 5.91 Å². The van der Waals surface area contributed by atoms with Gasteiger partial charge in [-0.3, -0.25) is 9.59 Å². The van der Waals surface area contributed by atoms with Crippen LogP contribution in [0.5, 0.6) is 5.75 Å². The number of aliphatic hydroxyl groups excluding tert-OH is 1. The SMILES string of the molecule is CC(C)=C(O)C(=O)NCCC(=O)Nc1ccc2ncnc(Nc3ccc(OCc4cccc(F)c4)c(Cl)c3)c2c1. The van der Waals surface area contributed by atoms with Gasteiger partial charge in [0.1, 0.15) is 30.3 Å². The normalized spacial score (nSPS) is 10.6. The molecular weight excluding hydrogens is 537 g/mol. The first-order chi connectivity index (χ1) is 19.2. The molecule has 4 rings (SSSR count). The van der Waals surface area contributed by atoms with Crippen molar-refractivity contribution in [3.05, 3.63) is 94.7 Å². The Morgan fingerprint density at radius 1 is 1.02 bits per heavy atom. The predicted octanol–water partition coefficient (Wildman–Crippen LogP) is 6.04. The maximum absolute atomic E-state index is 13.4. The minimum Gasteiger partial charge on any atom is -0.503 e. The van der Waals surface area contributed by atoms with Crippen LogP contribution in [0.3, 0.4) is 0 Å². The third-order valence-electron chi connectivity index (χ3n) is 5.72. The summed E-state index contributed by atoms with van der Waals surface area (Å²) in [5, 5.41) is 19.2. The van der Waals surface area contributed by atoms with Crippen molar-refractivity contribution in [3.63, 3.8) is 0 Å². The van der Waals surface area contributed by atoms with Crippen LogP contribution in [0.2, 0.25) is 5.02 Å². The molecule has 0 spiro atoms. The van der Waals surface area contributed by atoms with Crippen molar-refractivity contribution in [2.75, 3.05) is 17.2 Å². The van der Waals surface area contributed by atoms with E-state index >= 15 is 0 Å². The quantitative estimate of drug-likeness (QED) is 0.137. The topological polar surface area (TPSA) is 125 Å². The fourth-order valence-electron chi connectivity index (χ4n) is 3.68. The molecule has 206 valence electrons. The Morgan fingerprint density at radius 2 is 1.82 bits per heavy atom. The molecule has 2 amide bonds. The zero-order valence-corrected chi connectivity index (χ0v) is 22.6. The van der Waals surface area contributed by atoms with Crippen molar-refractivity contribution in [3.8, 4) is 5.75 Å². The fraction of sp³-hybridized carbons (Fsp3) is 0.172. The van der Waals surface area contributed by atoms with Gasteiger partial charge in [-0.15, -0.1) is 0 Å². The summed E-state index contributed by atoms with van der Waals surface area (Å²) in [6.07, 6.45) is 1.44. The van der Waals surface area contributed by atoms with Crippen LogP contribution >= 0.6 is 11.6 Å². The summed E-state index contributed by atoms with van der Waals surface area (Å²) in [5.74, 6) is -0.698. The Labute approximate surface area is 235 Å². The molecule has 40 heavy (non-hydrogen) atoms. The Bertz CT molecular complexity index is 1590. The highest BCUT2D eigenvalue weighted by Gasteiger charge is 2.12. The van der Waals surface area contributed by atoms with E-state index in [2.05, 4.69) is 25.9 Å². The second-order valence-corrected chi connectivity index (χ2v) is 9.45. The number of aromatic nitrogens is 2. The van der Waals surface area contributed by atoms with Crippen LogP contribution in [-0.2, 0) is 16.2 Å². The minimum atomic E-state index is -0.627. The maximum atomic E-state index is 13.4. The molecule has 0 aliphatic carbocycles. The van der Waals surface area contributed by atoms with Crippen LogP contribution in [0.15, 0.2) is 78.3 Å². The zero-order chi connectivity index (χ0) is 28.6.